The van der Waals surface area contributed by atoms with E-state index in [1.54, 1.807) is 0 Å². The van der Waals surface area contributed by atoms with E-state index in [1.165, 1.54) is 12.0 Å². The lowest BCUT2D eigenvalue weighted by Crippen LogP contribution is -2.04. The van der Waals surface area contributed by atoms with Gasteiger partial charge in [0.25, 0.3) is 0 Å². The third-order valence-electron chi connectivity index (χ3n) is 2.43. The first kappa shape index (κ1) is 13.1. The summed E-state index contributed by atoms with van der Waals surface area (Å²) in [6.45, 7) is 4.48. The molecule has 0 bridgehead atoms. The van der Waals surface area contributed by atoms with Gasteiger partial charge < -0.3 is 0 Å². The highest BCUT2D eigenvalue weighted by molar-refractivity contribution is 9.10. The molecule has 15 heavy (non-hydrogen) atoms. The van der Waals surface area contributed by atoms with Crippen LogP contribution in [0, 0.1) is 5.92 Å². The molecule has 1 aromatic rings. The SMILES string of the molecule is CC(C)CCC(Cl)Cc1ccc(Br)cc1. The van der Waals surface area contributed by atoms with Gasteiger partial charge in [-0.05, 0) is 42.9 Å². The first-order valence-electron chi connectivity index (χ1n) is 5.46. The minimum atomic E-state index is 0.272. The molecule has 0 saturated heterocycles. The smallest absolute Gasteiger partial charge is 0.0376 e. The van der Waals surface area contributed by atoms with Gasteiger partial charge in [0.15, 0.2) is 0 Å². The largest absolute Gasteiger partial charge is 0.123 e. The maximum atomic E-state index is 6.29. The van der Waals surface area contributed by atoms with Crippen molar-refractivity contribution in [2.24, 2.45) is 5.92 Å². The highest BCUT2D eigenvalue weighted by Crippen LogP contribution is 2.18. The molecule has 1 unspecified atom stereocenters. The first-order valence-corrected chi connectivity index (χ1v) is 6.69. The molecule has 84 valence electrons. The fourth-order valence-corrected chi connectivity index (χ4v) is 2.06. The first-order chi connectivity index (χ1) is 7.08. The maximum absolute atomic E-state index is 6.29. The molecule has 0 aliphatic heterocycles. The van der Waals surface area contributed by atoms with Crippen molar-refractivity contribution < 1.29 is 0 Å². The minimum absolute atomic E-state index is 0.272. The normalized spacial score (nSPS) is 13.1. The van der Waals surface area contributed by atoms with Crippen molar-refractivity contribution in [1.82, 2.24) is 0 Å². The van der Waals surface area contributed by atoms with Gasteiger partial charge in [-0.15, -0.1) is 11.6 Å². The predicted octanol–water partition coefficient (Wildman–Crippen LogP) is 5.04. The summed E-state index contributed by atoms with van der Waals surface area (Å²) in [4.78, 5) is 0. The number of hydrogen-bond acceptors (Lipinski definition) is 0. The Balaban J connectivity index is 2.37. The van der Waals surface area contributed by atoms with E-state index in [9.17, 15) is 0 Å². The second kappa shape index (κ2) is 6.55. The summed E-state index contributed by atoms with van der Waals surface area (Å²) in [6.07, 6.45) is 3.29. The number of benzene rings is 1. The van der Waals surface area contributed by atoms with Gasteiger partial charge >= 0.3 is 0 Å². The van der Waals surface area contributed by atoms with E-state index in [-0.39, 0.29) is 5.38 Å². The zero-order valence-corrected chi connectivity index (χ0v) is 11.7. The molecule has 0 aromatic heterocycles. The molecule has 1 rings (SSSR count). The van der Waals surface area contributed by atoms with E-state index in [0.29, 0.717) is 0 Å². The van der Waals surface area contributed by atoms with Gasteiger partial charge in [-0.2, -0.15) is 0 Å². The van der Waals surface area contributed by atoms with Crippen LogP contribution in [0.2, 0.25) is 0 Å². The Morgan fingerprint density at radius 1 is 1.13 bits per heavy atom. The molecule has 0 N–H and O–H groups in total. The fraction of sp³-hybridized carbons (Fsp3) is 0.538. The minimum Gasteiger partial charge on any atom is -0.123 e. The summed E-state index contributed by atoms with van der Waals surface area (Å²) >= 11 is 9.72. The summed E-state index contributed by atoms with van der Waals surface area (Å²) in [5, 5.41) is 0.272. The molecule has 0 aliphatic carbocycles. The van der Waals surface area contributed by atoms with E-state index in [4.69, 9.17) is 11.6 Å². The van der Waals surface area contributed by atoms with Crippen LogP contribution < -0.4 is 0 Å². The Labute approximate surface area is 106 Å². The van der Waals surface area contributed by atoms with Crippen LogP contribution in [0.3, 0.4) is 0 Å². The van der Waals surface area contributed by atoms with Gasteiger partial charge in [0.05, 0.1) is 0 Å². The van der Waals surface area contributed by atoms with Gasteiger partial charge in [0.2, 0.25) is 0 Å². The predicted molar refractivity (Wildman–Crippen MR) is 71.6 cm³/mol. The number of rotatable bonds is 5. The van der Waals surface area contributed by atoms with E-state index in [2.05, 4.69) is 54.0 Å². The molecule has 2 heteroatoms. The van der Waals surface area contributed by atoms with Crippen molar-refractivity contribution in [2.45, 2.75) is 38.5 Å². The average molecular weight is 290 g/mol. The van der Waals surface area contributed by atoms with Gasteiger partial charge in [-0.25, -0.2) is 0 Å². The highest BCUT2D eigenvalue weighted by atomic mass is 79.9. The molecular weight excluding hydrogens is 272 g/mol. The van der Waals surface area contributed by atoms with E-state index < -0.39 is 0 Å². The molecule has 0 spiro atoms. The second-order valence-corrected chi connectivity index (χ2v) is 5.93. The lowest BCUT2D eigenvalue weighted by atomic mass is 10.0. The van der Waals surface area contributed by atoms with Crippen molar-refractivity contribution in [3.8, 4) is 0 Å². The van der Waals surface area contributed by atoms with Crippen LogP contribution in [-0.4, -0.2) is 5.38 Å². The molecular formula is C13H18BrCl. The van der Waals surface area contributed by atoms with Crippen LogP contribution >= 0.6 is 27.5 Å². The van der Waals surface area contributed by atoms with Crippen molar-refractivity contribution >= 4 is 27.5 Å². The van der Waals surface area contributed by atoms with Gasteiger partial charge in [0.1, 0.15) is 0 Å². The van der Waals surface area contributed by atoms with Crippen molar-refractivity contribution in [2.75, 3.05) is 0 Å². The van der Waals surface area contributed by atoms with Gasteiger partial charge in [-0.1, -0.05) is 41.9 Å². The molecule has 1 atom stereocenters. The zero-order valence-electron chi connectivity index (χ0n) is 9.34. The van der Waals surface area contributed by atoms with Crippen molar-refractivity contribution in [3.63, 3.8) is 0 Å². The summed E-state index contributed by atoms with van der Waals surface area (Å²) in [5.74, 6) is 0.746. The van der Waals surface area contributed by atoms with Crippen LogP contribution in [0.4, 0.5) is 0 Å². The summed E-state index contributed by atoms with van der Waals surface area (Å²) < 4.78 is 1.12. The van der Waals surface area contributed by atoms with E-state index in [0.717, 1.165) is 23.2 Å². The standard InChI is InChI=1S/C13H18BrCl/c1-10(2)3-8-13(15)9-11-4-6-12(14)7-5-11/h4-7,10,13H,3,8-9H2,1-2H3. The van der Waals surface area contributed by atoms with Crippen molar-refractivity contribution in [1.29, 1.82) is 0 Å². The Hall–Kier alpha value is -0.0100. The number of halogens is 2. The Bertz CT molecular complexity index is 279. The Kier molecular flexibility index (Phi) is 5.70. The topological polar surface area (TPSA) is 0 Å². The third-order valence-corrected chi connectivity index (χ3v) is 3.33. The number of hydrogen-bond donors (Lipinski definition) is 0. The van der Waals surface area contributed by atoms with Crippen LogP contribution in [0.15, 0.2) is 28.7 Å². The molecule has 0 saturated carbocycles. The third kappa shape index (κ3) is 5.58. The van der Waals surface area contributed by atoms with Crippen LogP contribution in [0.5, 0.6) is 0 Å². The summed E-state index contributed by atoms with van der Waals surface area (Å²) in [6, 6.07) is 8.41. The maximum Gasteiger partial charge on any atom is 0.0376 e. The number of alkyl halides is 1. The van der Waals surface area contributed by atoms with Crippen LogP contribution in [0.25, 0.3) is 0 Å². The second-order valence-electron chi connectivity index (χ2n) is 4.40. The quantitative estimate of drug-likeness (QED) is 0.667. The van der Waals surface area contributed by atoms with E-state index in [1.807, 2.05) is 0 Å². The summed E-state index contributed by atoms with van der Waals surface area (Å²) in [7, 11) is 0. The van der Waals surface area contributed by atoms with Crippen LogP contribution in [0.1, 0.15) is 32.3 Å². The van der Waals surface area contributed by atoms with Gasteiger partial charge in [-0.3, -0.25) is 0 Å². The molecule has 0 aliphatic rings. The molecule has 0 nitrogen and oxygen atoms in total. The lowest BCUT2D eigenvalue weighted by molar-refractivity contribution is 0.541. The van der Waals surface area contributed by atoms with Crippen molar-refractivity contribution in [3.05, 3.63) is 34.3 Å². The highest BCUT2D eigenvalue weighted by Gasteiger charge is 2.06. The Morgan fingerprint density at radius 2 is 1.73 bits per heavy atom. The zero-order chi connectivity index (χ0) is 11.3. The summed E-state index contributed by atoms with van der Waals surface area (Å²) in [5.41, 5.74) is 1.32. The average Bonchev–Trinajstić information content (AvgIpc) is 2.19. The Morgan fingerprint density at radius 3 is 2.27 bits per heavy atom. The molecule has 0 amide bonds. The fourth-order valence-electron chi connectivity index (χ4n) is 1.49. The molecule has 0 fully saturated rings. The molecule has 0 radical (unpaired) electrons. The van der Waals surface area contributed by atoms with E-state index >= 15 is 0 Å². The molecule has 1 aromatic carbocycles. The van der Waals surface area contributed by atoms with Gasteiger partial charge in [0, 0.05) is 9.85 Å². The van der Waals surface area contributed by atoms with Crippen LogP contribution in [-0.2, 0) is 6.42 Å². The lowest BCUT2D eigenvalue weighted by Gasteiger charge is -2.11. The molecule has 0 heterocycles. The monoisotopic (exact) mass is 288 g/mol.